The zero-order chi connectivity index (χ0) is 37.4. The number of para-hydroxylation sites is 2. The Morgan fingerprint density at radius 1 is 0.520 bits per heavy atom. The predicted molar refractivity (Wildman–Crippen MR) is 229 cm³/mol. The molecule has 0 aliphatic carbocycles. The average Bonchev–Trinajstić information content (AvgIpc) is 3.26. The van der Waals surface area contributed by atoms with Gasteiger partial charge < -0.3 is 0 Å². The van der Waals surface area contributed by atoms with Gasteiger partial charge in [-0.3, -0.25) is 9.13 Å². The minimum atomic E-state index is -1.93. The number of benzene rings is 3. The molecule has 1 unspecified atom stereocenters. The first-order valence-corrected chi connectivity index (χ1v) is 25.5. The van der Waals surface area contributed by atoms with Crippen molar-refractivity contribution in [1.82, 2.24) is 9.13 Å². The normalized spacial score (nSPS) is 13.1. The van der Waals surface area contributed by atoms with E-state index in [9.17, 15) is 0 Å². The van der Waals surface area contributed by atoms with Crippen LogP contribution in [-0.4, -0.2) is 17.4 Å². The second-order valence-corrected chi connectivity index (χ2v) is 25.7. The summed E-state index contributed by atoms with van der Waals surface area (Å²) in [5, 5.41) is 3.61. The molecule has 4 aromatic rings. The maximum absolute atomic E-state index is 7.64. The maximum Gasteiger partial charge on any atom is 0.287 e. The SMILES string of the molecule is CC(C)c1cccc(C(C)C)c1-n1c(Cl)c(Cl)n(-c2c(C(C)C)cccc2C(C)C)c1=P/[P+](=N/[Si](C)(C)C)c1c(C(C)C)cccc1C(C)C. The third kappa shape index (κ3) is 8.48. The van der Waals surface area contributed by atoms with E-state index in [2.05, 4.69) is 166 Å². The van der Waals surface area contributed by atoms with Crippen LogP contribution in [0, 0.1) is 5.20 Å². The quantitative estimate of drug-likeness (QED) is 0.107. The van der Waals surface area contributed by atoms with E-state index in [-0.39, 0.29) is 23.7 Å². The van der Waals surface area contributed by atoms with Gasteiger partial charge in [0.1, 0.15) is 0 Å². The van der Waals surface area contributed by atoms with Crippen molar-refractivity contribution in [2.75, 3.05) is 0 Å². The summed E-state index contributed by atoms with van der Waals surface area (Å²) in [5.41, 5.74) is 10.2. The van der Waals surface area contributed by atoms with E-state index in [1.807, 2.05) is 0 Å². The van der Waals surface area contributed by atoms with Crippen molar-refractivity contribution < 1.29 is 0 Å². The van der Waals surface area contributed by atoms with Crippen LogP contribution in [0.1, 0.15) is 152 Å². The summed E-state index contributed by atoms with van der Waals surface area (Å²) >= 11 is 15.3. The smallest absolute Gasteiger partial charge is 0.276 e. The van der Waals surface area contributed by atoms with Crippen LogP contribution in [0.5, 0.6) is 0 Å². The summed E-state index contributed by atoms with van der Waals surface area (Å²) in [4.78, 5) is 0. The molecule has 270 valence electrons. The molecule has 0 saturated carbocycles. The molecule has 1 atom stereocenters. The predicted octanol–water partition coefficient (Wildman–Crippen LogP) is 15.5. The largest absolute Gasteiger partial charge is 0.287 e. The Morgan fingerprint density at radius 3 is 1.06 bits per heavy atom. The van der Waals surface area contributed by atoms with E-state index in [0.29, 0.717) is 22.1 Å². The molecule has 0 bridgehead atoms. The molecule has 1 aromatic heterocycles. The Morgan fingerprint density at radius 2 is 0.800 bits per heavy atom. The highest BCUT2D eigenvalue weighted by Gasteiger charge is 2.34. The summed E-state index contributed by atoms with van der Waals surface area (Å²) < 4.78 is 10.5. The standard InChI is InChI=1S/C42H60Cl2N3P2Si/c1-25(2)31-19-16-20-32(26(3)4)37(31)46-40(43)41(44)47(38-33(27(5)6)21-17-22-34(38)28(7)8)42(46)48-49(45-50(13,14)15)39-35(29(9)10)23-18-24-36(39)30(11)12/h16-30H,1-15H3/q+1. The summed E-state index contributed by atoms with van der Waals surface area (Å²) in [6, 6.07) is 20.4. The minimum absolute atomic E-state index is 0.287. The van der Waals surface area contributed by atoms with Crippen LogP contribution in [0.4, 0.5) is 0 Å². The molecule has 0 saturated heterocycles. The number of rotatable bonds is 11. The minimum Gasteiger partial charge on any atom is -0.276 e. The lowest BCUT2D eigenvalue weighted by atomic mass is 9.92. The Bertz CT molecular complexity index is 1770. The monoisotopic (exact) mass is 766 g/mol. The highest BCUT2D eigenvalue weighted by molar-refractivity contribution is 8.16. The van der Waals surface area contributed by atoms with Gasteiger partial charge in [0.2, 0.25) is 16.1 Å². The van der Waals surface area contributed by atoms with Crippen LogP contribution in [0.15, 0.2) is 59.0 Å². The lowest BCUT2D eigenvalue weighted by Crippen LogP contribution is -2.18. The summed E-state index contributed by atoms with van der Waals surface area (Å²) in [7, 11) is -1.85. The van der Waals surface area contributed by atoms with Crippen molar-refractivity contribution in [2.24, 2.45) is 4.41 Å². The average molecular weight is 768 g/mol. The van der Waals surface area contributed by atoms with E-state index < -0.39 is 15.6 Å². The first-order valence-electron chi connectivity index (χ1n) is 18.4. The van der Waals surface area contributed by atoms with Crippen molar-refractivity contribution in [1.29, 1.82) is 0 Å². The van der Waals surface area contributed by atoms with Gasteiger partial charge in [0.15, 0.2) is 20.8 Å². The lowest BCUT2D eigenvalue weighted by Gasteiger charge is -2.22. The van der Waals surface area contributed by atoms with E-state index >= 15 is 0 Å². The van der Waals surface area contributed by atoms with Crippen LogP contribution in [0.2, 0.25) is 29.9 Å². The van der Waals surface area contributed by atoms with Crippen LogP contribution in [0.3, 0.4) is 0 Å². The first kappa shape index (κ1) is 40.8. The highest BCUT2D eigenvalue weighted by Crippen LogP contribution is 2.50. The van der Waals surface area contributed by atoms with Gasteiger partial charge in [-0.15, -0.1) is 4.41 Å². The topological polar surface area (TPSA) is 22.2 Å². The van der Waals surface area contributed by atoms with Crippen molar-refractivity contribution in [3.05, 3.63) is 103 Å². The van der Waals surface area contributed by atoms with E-state index in [4.69, 9.17) is 27.6 Å². The second-order valence-electron chi connectivity index (χ2n) is 16.5. The van der Waals surface area contributed by atoms with E-state index in [1.165, 1.54) is 38.7 Å². The Kier molecular flexibility index (Phi) is 13.4. The molecule has 0 fully saturated rings. The molecule has 3 nitrogen and oxygen atoms in total. The fourth-order valence-electron chi connectivity index (χ4n) is 6.72. The molecule has 8 heteroatoms. The zero-order valence-electron chi connectivity index (χ0n) is 33.2. The molecule has 1 heterocycles. The molecule has 0 aliphatic rings. The van der Waals surface area contributed by atoms with Crippen LogP contribution in [0.25, 0.3) is 11.4 Å². The van der Waals surface area contributed by atoms with Gasteiger partial charge >= 0.3 is 0 Å². The van der Waals surface area contributed by atoms with Gasteiger partial charge in [-0.2, -0.15) is 0 Å². The van der Waals surface area contributed by atoms with Crippen LogP contribution >= 0.6 is 38.5 Å². The molecule has 0 amide bonds. The molecule has 50 heavy (non-hydrogen) atoms. The van der Waals surface area contributed by atoms with Crippen molar-refractivity contribution in [3.8, 4) is 11.4 Å². The second kappa shape index (κ2) is 16.4. The third-order valence-corrected chi connectivity index (χ3v) is 17.4. The summed E-state index contributed by atoms with van der Waals surface area (Å²) in [6.07, 6.45) is 0. The number of hydrogen-bond donors (Lipinski definition) is 0. The van der Waals surface area contributed by atoms with Crippen molar-refractivity contribution in [2.45, 2.75) is 138 Å². The lowest BCUT2D eigenvalue weighted by molar-refractivity contribution is 0.785. The number of halogens is 2. The van der Waals surface area contributed by atoms with E-state index in [0.717, 1.165) is 24.5 Å². The van der Waals surface area contributed by atoms with Crippen LogP contribution in [-0.2, 0) is 0 Å². The Balaban J connectivity index is 2.44. The highest BCUT2D eigenvalue weighted by atomic mass is 35.5. The van der Waals surface area contributed by atoms with Crippen LogP contribution < -0.4 is 5.30 Å². The maximum atomic E-state index is 7.64. The number of hydrogen-bond acceptors (Lipinski definition) is 1. The third-order valence-electron chi connectivity index (χ3n) is 9.22. The molecule has 0 N–H and O–H groups in total. The fourth-order valence-corrected chi connectivity index (χ4v) is 17.0. The summed E-state index contributed by atoms with van der Waals surface area (Å²) in [6.45, 7) is 34.6. The molecular formula is C42H60Cl2N3P2Si+. The molecular weight excluding hydrogens is 707 g/mol. The van der Waals surface area contributed by atoms with Gasteiger partial charge in [-0.1, -0.05) is 161 Å². The molecule has 3 aromatic carbocycles. The number of aromatic nitrogens is 2. The van der Waals surface area contributed by atoms with Crippen molar-refractivity contribution >= 4 is 52.0 Å². The first-order chi connectivity index (χ1) is 23.3. The van der Waals surface area contributed by atoms with Crippen molar-refractivity contribution in [3.63, 3.8) is 0 Å². The molecule has 4 rings (SSSR count). The molecule has 0 radical (unpaired) electrons. The fraction of sp³-hybridized carbons (Fsp3) is 0.500. The Labute approximate surface area is 317 Å². The molecule has 0 spiro atoms. The number of imidazole rings is 1. The van der Waals surface area contributed by atoms with Gasteiger partial charge in [-0.05, 0) is 77.4 Å². The van der Waals surface area contributed by atoms with Gasteiger partial charge in [0.25, 0.3) is 7.40 Å². The van der Waals surface area contributed by atoms with Gasteiger partial charge in [0.05, 0.1) is 11.4 Å². The van der Waals surface area contributed by atoms with E-state index in [1.54, 1.807) is 0 Å². The van der Waals surface area contributed by atoms with Gasteiger partial charge in [-0.25, -0.2) is 0 Å². The Hall–Kier alpha value is -1.93. The van der Waals surface area contributed by atoms with Gasteiger partial charge in [0, 0.05) is 11.1 Å². The summed E-state index contributed by atoms with van der Waals surface area (Å²) in [5.74, 6) is 1.89. The molecule has 0 aliphatic heterocycles. The zero-order valence-corrected chi connectivity index (χ0v) is 37.5. The number of nitrogens with zero attached hydrogens (tertiary/aromatic N) is 3.